The molecular weight excluding hydrogens is 264 g/mol. The van der Waals surface area contributed by atoms with E-state index in [1.165, 1.54) is 6.33 Å². The normalized spacial score (nSPS) is 11.1. The first-order chi connectivity index (χ1) is 10.3. The van der Waals surface area contributed by atoms with Crippen molar-refractivity contribution in [3.05, 3.63) is 60.8 Å². The summed E-state index contributed by atoms with van der Waals surface area (Å²) in [4.78, 5) is 8.69. The van der Waals surface area contributed by atoms with Crippen LogP contribution >= 0.6 is 0 Å². The molecule has 21 heavy (non-hydrogen) atoms. The third kappa shape index (κ3) is 1.88. The van der Waals surface area contributed by atoms with E-state index < -0.39 is 0 Å². The summed E-state index contributed by atoms with van der Waals surface area (Å²) in [6, 6.07) is 11.8. The second-order valence-corrected chi connectivity index (χ2v) is 4.73. The van der Waals surface area contributed by atoms with Crippen LogP contribution in [-0.2, 0) is 0 Å². The molecule has 3 heterocycles. The molecule has 1 aromatic carbocycles. The summed E-state index contributed by atoms with van der Waals surface area (Å²) >= 11 is 0. The third-order valence-corrected chi connectivity index (χ3v) is 3.28. The zero-order valence-corrected chi connectivity index (χ0v) is 11.4. The number of hydrogen-bond donors (Lipinski definition) is 0. The maximum absolute atomic E-state index is 4.43. The van der Waals surface area contributed by atoms with Crippen LogP contribution in [0.15, 0.2) is 55.1 Å². The Morgan fingerprint density at radius 3 is 2.62 bits per heavy atom. The quantitative estimate of drug-likeness (QED) is 0.563. The van der Waals surface area contributed by atoms with Gasteiger partial charge in [0.25, 0.3) is 0 Å². The van der Waals surface area contributed by atoms with Crippen molar-refractivity contribution in [2.24, 2.45) is 0 Å². The van der Waals surface area contributed by atoms with E-state index in [2.05, 4.69) is 20.2 Å². The van der Waals surface area contributed by atoms with Crippen LogP contribution in [0.1, 0.15) is 5.69 Å². The number of aromatic nitrogens is 6. The average molecular weight is 276 g/mol. The molecule has 6 heteroatoms. The molecule has 0 radical (unpaired) electrons. The molecule has 6 nitrogen and oxygen atoms in total. The minimum absolute atomic E-state index is 0.732. The van der Waals surface area contributed by atoms with Crippen molar-refractivity contribution >= 4 is 11.0 Å². The molecule has 0 amide bonds. The number of hydrogen-bond acceptors (Lipinski definition) is 4. The smallest absolute Gasteiger partial charge is 0.168 e. The molecule has 0 saturated carbocycles. The Morgan fingerprint density at radius 2 is 1.86 bits per heavy atom. The van der Waals surface area contributed by atoms with Gasteiger partial charge in [0.05, 0.1) is 23.0 Å². The summed E-state index contributed by atoms with van der Waals surface area (Å²) in [5.41, 5.74) is 2.67. The number of para-hydroxylation sites is 1. The summed E-state index contributed by atoms with van der Waals surface area (Å²) in [7, 11) is 0. The standard InChI is InChI=1S/C15H12N6/c1-11-7-8-20(19-11)14-13-9-18-21(15(13)17-10-16-14)12-5-3-2-4-6-12/h2-10H,1H3. The van der Waals surface area contributed by atoms with Crippen molar-refractivity contribution in [1.29, 1.82) is 0 Å². The van der Waals surface area contributed by atoms with Gasteiger partial charge in [-0.15, -0.1) is 0 Å². The van der Waals surface area contributed by atoms with Gasteiger partial charge in [-0.1, -0.05) is 18.2 Å². The Kier molecular flexibility index (Phi) is 2.53. The maximum Gasteiger partial charge on any atom is 0.168 e. The molecule has 0 atom stereocenters. The largest absolute Gasteiger partial charge is 0.222 e. The SMILES string of the molecule is Cc1ccn(-c2ncnc3c2cnn3-c2ccccc2)n1. The molecule has 0 aliphatic carbocycles. The second kappa shape index (κ2) is 4.52. The van der Waals surface area contributed by atoms with Crippen LogP contribution in [0.5, 0.6) is 0 Å². The van der Waals surface area contributed by atoms with Gasteiger partial charge in [-0.25, -0.2) is 19.3 Å². The molecule has 0 aliphatic rings. The first kappa shape index (κ1) is 11.8. The molecule has 0 bridgehead atoms. The minimum atomic E-state index is 0.732. The van der Waals surface area contributed by atoms with E-state index in [9.17, 15) is 0 Å². The van der Waals surface area contributed by atoms with Crippen LogP contribution in [0.3, 0.4) is 0 Å². The number of rotatable bonds is 2. The van der Waals surface area contributed by atoms with E-state index in [0.717, 1.165) is 28.2 Å². The number of benzene rings is 1. The minimum Gasteiger partial charge on any atom is -0.222 e. The lowest BCUT2D eigenvalue weighted by molar-refractivity contribution is 0.834. The van der Waals surface area contributed by atoms with E-state index >= 15 is 0 Å². The monoisotopic (exact) mass is 276 g/mol. The number of aryl methyl sites for hydroxylation is 1. The number of fused-ring (bicyclic) bond motifs is 1. The topological polar surface area (TPSA) is 61.4 Å². The van der Waals surface area contributed by atoms with E-state index in [1.54, 1.807) is 15.6 Å². The van der Waals surface area contributed by atoms with Crippen molar-refractivity contribution in [2.75, 3.05) is 0 Å². The highest BCUT2D eigenvalue weighted by Crippen LogP contribution is 2.20. The molecule has 102 valence electrons. The Labute approximate surface area is 120 Å². The molecular formula is C15H12N6. The summed E-state index contributed by atoms with van der Waals surface area (Å²) in [5.74, 6) is 0.732. The molecule has 4 rings (SSSR count). The van der Waals surface area contributed by atoms with Crippen molar-refractivity contribution in [3.63, 3.8) is 0 Å². The van der Waals surface area contributed by atoms with Gasteiger partial charge in [-0.05, 0) is 25.1 Å². The second-order valence-electron chi connectivity index (χ2n) is 4.73. The third-order valence-electron chi connectivity index (χ3n) is 3.28. The lowest BCUT2D eigenvalue weighted by Crippen LogP contribution is -2.02. The maximum atomic E-state index is 4.43. The highest BCUT2D eigenvalue weighted by atomic mass is 15.3. The lowest BCUT2D eigenvalue weighted by atomic mass is 10.3. The molecule has 0 unspecified atom stereocenters. The highest BCUT2D eigenvalue weighted by Gasteiger charge is 2.12. The zero-order valence-electron chi connectivity index (χ0n) is 11.4. The number of nitrogens with zero attached hydrogens (tertiary/aromatic N) is 6. The van der Waals surface area contributed by atoms with Gasteiger partial charge in [0.15, 0.2) is 11.5 Å². The van der Waals surface area contributed by atoms with Gasteiger partial charge >= 0.3 is 0 Å². The van der Waals surface area contributed by atoms with Crippen LogP contribution in [0.4, 0.5) is 0 Å². The van der Waals surface area contributed by atoms with E-state index in [-0.39, 0.29) is 0 Å². The molecule has 4 aromatic rings. The van der Waals surface area contributed by atoms with Crippen molar-refractivity contribution in [1.82, 2.24) is 29.5 Å². The van der Waals surface area contributed by atoms with Gasteiger partial charge in [0, 0.05) is 6.20 Å². The van der Waals surface area contributed by atoms with Gasteiger partial charge in [-0.2, -0.15) is 10.2 Å². The molecule has 0 saturated heterocycles. The van der Waals surface area contributed by atoms with Gasteiger partial charge in [0.2, 0.25) is 0 Å². The van der Waals surface area contributed by atoms with Gasteiger partial charge in [0.1, 0.15) is 6.33 Å². The highest BCUT2D eigenvalue weighted by molar-refractivity contribution is 5.83. The molecule has 0 N–H and O–H groups in total. The molecule has 0 fully saturated rings. The van der Waals surface area contributed by atoms with Gasteiger partial charge in [-0.3, -0.25) is 0 Å². The fourth-order valence-corrected chi connectivity index (χ4v) is 2.31. The van der Waals surface area contributed by atoms with Crippen LogP contribution < -0.4 is 0 Å². The fourth-order valence-electron chi connectivity index (χ4n) is 2.31. The van der Waals surface area contributed by atoms with E-state index in [4.69, 9.17) is 0 Å². The van der Waals surface area contributed by atoms with Crippen LogP contribution in [-0.4, -0.2) is 29.5 Å². The Hall–Kier alpha value is -3.02. The summed E-state index contributed by atoms with van der Waals surface area (Å²) in [6.07, 6.45) is 5.20. The van der Waals surface area contributed by atoms with E-state index in [1.807, 2.05) is 49.5 Å². The first-order valence-corrected chi connectivity index (χ1v) is 6.60. The van der Waals surface area contributed by atoms with Crippen molar-refractivity contribution in [3.8, 4) is 11.5 Å². The van der Waals surface area contributed by atoms with Crippen molar-refractivity contribution in [2.45, 2.75) is 6.92 Å². The van der Waals surface area contributed by atoms with E-state index in [0.29, 0.717) is 0 Å². The zero-order chi connectivity index (χ0) is 14.2. The van der Waals surface area contributed by atoms with Crippen LogP contribution in [0.2, 0.25) is 0 Å². The Morgan fingerprint density at radius 1 is 1.00 bits per heavy atom. The fraction of sp³-hybridized carbons (Fsp3) is 0.0667. The summed E-state index contributed by atoms with van der Waals surface area (Å²) in [5, 5.41) is 9.70. The Balaban J connectivity index is 1.95. The predicted molar refractivity (Wildman–Crippen MR) is 78.5 cm³/mol. The lowest BCUT2D eigenvalue weighted by Gasteiger charge is -2.04. The molecule has 3 aromatic heterocycles. The van der Waals surface area contributed by atoms with Crippen molar-refractivity contribution < 1.29 is 0 Å². The predicted octanol–water partition coefficient (Wildman–Crippen LogP) is 2.31. The summed E-state index contributed by atoms with van der Waals surface area (Å²) < 4.78 is 3.55. The van der Waals surface area contributed by atoms with Crippen LogP contribution in [0.25, 0.3) is 22.5 Å². The summed E-state index contributed by atoms with van der Waals surface area (Å²) in [6.45, 7) is 1.95. The van der Waals surface area contributed by atoms with Gasteiger partial charge < -0.3 is 0 Å². The first-order valence-electron chi connectivity index (χ1n) is 6.60. The average Bonchev–Trinajstić information content (AvgIpc) is 3.14. The Bertz CT molecular complexity index is 906. The molecule has 0 aliphatic heterocycles. The molecule has 0 spiro atoms. The van der Waals surface area contributed by atoms with Crippen LogP contribution in [0, 0.1) is 6.92 Å².